The Labute approximate surface area is 126 Å². The molecule has 0 amide bonds. The van der Waals surface area contributed by atoms with Crippen molar-refractivity contribution >= 4 is 46.2 Å². The lowest BCUT2D eigenvalue weighted by Crippen LogP contribution is -2.05. The molecule has 0 aliphatic rings. The number of carboxylic acid groups (broad SMARTS) is 1. The second-order valence-corrected chi connectivity index (χ2v) is 5.22. The molecule has 0 fully saturated rings. The Balaban J connectivity index is 2.41. The van der Waals surface area contributed by atoms with Gasteiger partial charge in [-0.3, -0.25) is 0 Å². The van der Waals surface area contributed by atoms with Crippen molar-refractivity contribution in [2.75, 3.05) is 11.1 Å². The molecule has 2 rings (SSSR count). The minimum atomic E-state index is -1.07. The fourth-order valence-electron chi connectivity index (χ4n) is 1.84. The van der Waals surface area contributed by atoms with Crippen molar-refractivity contribution < 1.29 is 9.90 Å². The van der Waals surface area contributed by atoms with E-state index in [-0.39, 0.29) is 11.3 Å². The maximum atomic E-state index is 11.1. The molecule has 0 saturated heterocycles. The predicted octanol–water partition coefficient (Wildman–Crippen LogP) is 4.33. The predicted molar refractivity (Wildman–Crippen MR) is 82.3 cm³/mol. The summed E-state index contributed by atoms with van der Waals surface area (Å²) in [5.41, 5.74) is 8.01. The normalized spacial score (nSPS) is 10.3. The van der Waals surface area contributed by atoms with Crippen LogP contribution in [0.2, 0.25) is 10.0 Å². The number of halogens is 2. The summed E-state index contributed by atoms with van der Waals surface area (Å²) in [4.78, 5) is 11.1. The van der Waals surface area contributed by atoms with Gasteiger partial charge in [-0.25, -0.2) is 4.79 Å². The summed E-state index contributed by atoms with van der Waals surface area (Å²) in [5.74, 6) is -1.07. The van der Waals surface area contributed by atoms with Gasteiger partial charge in [0.2, 0.25) is 0 Å². The van der Waals surface area contributed by atoms with Crippen molar-refractivity contribution in [3.63, 3.8) is 0 Å². The topological polar surface area (TPSA) is 75.3 Å². The Morgan fingerprint density at radius 3 is 2.20 bits per heavy atom. The highest BCUT2D eigenvalue weighted by Crippen LogP contribution is 2.28. The van der Waals surface area contributed by atoms with Crippen LogP contribution < -0.4 is 11.1 Å². The molecule has 0 radical (unpaired) electrons. The third-order valence-electron chi connectivity index (χ3n) is 2.77. The summed E-state index contributed by atoms with van der Waals surface area (Å²) in [7, 11) is 0. The minimum Gasteiger partial charge on any atom is -0.478 e. The SMILES string of the molecule is Cc1cc(Nc2cc(Cl)cc(Cl)c2)cc(C(=O)O)c1N. The van der Waals surface area contributed by atoms with E-state index < -0.39 is 5.97 Å². The molecule has 0 spiro atoms. The highest BCUT2D eigenvalue weighted by Gasteiger charge is 2.12. The fraction of sp³-hybridized carbons (Fsp3) is 0.0714. The van der Waals surface area contributed by atoms with Gasteiger partial charge in [0.1, 0.15) is 0 Å². The molecule has 2 aromatic carbocycles. The maximum absolute atomic E-state index is 11.1. The molecule has 0 aromatic heterocycles. The Morgan fingerprint density at radius 1 is 1.10 bits per heavy atom. The van der Waals surface area contributed by atoms with Crippen molar-refractivity contribution in [3.8, 4) is 0 Å². The van der Waals surface area contributed by atoms with E-state index in [9.17, 15) is 4.79 Å². The molecule has 0 aliphatic heterocycles. The Bertz CT molecular complexity index is 667. The van der Waals surface area contributed by atoms with Crippen LogP contribution in [0.1, 0.15) is 15.9 Å². The Morgan fingerprint density at radius 2 is 1.65 bits per heavy atom. The summed E-state index contributed by atoms with van der Waals surface area (Å²) < 4.78 is 0. The molecule has 2 aromatic rings. The van der Waals surface area contributed by atoms with Crippen LogP contribution in [0.15, 0.2) is 30.3 Å². The van der Waals surface area contributed by atoms with Gasteiger partial charge in [0, 0.05) is 27.1 Å². The monoisotopic (exact) mass is 310 g/mol. The van der Waals surface area contributed by atoms with E-state index >= 15 is 0 Å². The molecule has 6 heteroatoms. The molecule has 0 aliphatic carbocycles. The average Bonchev–Trinajstić information content (AvgIpc) is 2.31. The molecule has 0 bridgehead atoms. The molecule has 0 unspecified atom stereocenters. The van der Waals surface area contributed by atoms with Crippen molar-refractivity contribution in [2.45, 2.75) is 6.92 Å². The van der Waals surface area contributed by atoms with E-state index in [1.54, 1.807) is 31.2 Å². The third-order valence-corrected chi connectivity index (χ3v) is 3.20. The molecule has 4 N–H and O–H groups in total. The molecule has 0 heterocycles. The smallest absolute Gasteiger partial charge is 0.337 e. The summed E-state index contributed by atoms with van der Waals surface area (Å²) in [5, 5.41) is 13.2. The molecule has 20 heavy (non-hydrogen) atoms. The minimum absolute atomic E-state index is 0.0561. The van der Waals surface area contributed by atoms with Gasteiger partial charge in [0.15, 0.2) is 0 Å². The largest absolute Gasteiger partial charge is 0.478 e. The number of benzene rings is 2. The van der Waals surface area contributed by atoms with Crippen molar-refractivity contribution in [1.29, 1.82) is 0 Å². The van der Waals surface area contributed by atoms with Gasteiger partial charge in [-0.1, -0.05) is 23.2 Å². The molecular formula is C14H12Cl2N2O2. The lowest BCUT2D eigenvalue weighted by molar-refractivity contribution is 0.0698. The van der Waals surface area contributed by atoms with E-state index in [2.05, 4.69) is 5.32 Å². The fourth-order valence-corrected chi connectivity index (χ4v) is 2.37. The van der Waals surface area contributed by atoms with Crippen LogP contribution >= 0.6 is 23.2 Å². The van der Waals surface area contributed by atoms with E-state index in [4.69, 9.17) is 34.0 Å². The zero-order valence-electron chi connectivity index (χ0n) is 10.6. The highest BCUT2D eigenvalue weighted by atomic mass is 35.5. The number of hydrogen-bond acceptors (Lipinski definition) is 3. The summed E-state index contributed by atoms with van der Waals surface area (Å²) in [6.07, 6.45) is 0. The van der Waals surface area contributed by atoms with Gasteiger partial charge < -0.3 is 16.2 Å². The number of aryl methyl sites for hydroxylation is 1. The van der Waals surface area contributed by atoms with Crippen molar-refractivity contribution in [1.82, 2.24) is 0 Å². The second-order valence-electron chi connectivity index (χ2n) is 4.34. The molecule has 0 atom stereocenters. The third kappa shape index (κ3) is 3.15. The first-order valence-corrected chi connectivity index (χ1v) is 6.49. The van der Waals surface area contributed by atoms with Gasteiger partial charge in [0.05, 0.1) is 5.56 Å². The van der Waals surface area contributed by atoms with Crippen LogP contribution in [0.4, 0.5) is 17.1 Å². The van der Waals surface area contributed by atoms with E-state index in [1.807, 2.05) is 0 Å². The Kier molecular flexibility index (Phi) is 4.06. The number of carbonyl (C=O) groups is 1. The first-order valence-electron chi connectivity index (χ1n) is 5.73. The molecule has 4 nitrogen and oxygen atoms in total. The van der Waals surface area contributed by atoms with E-state index in [1.165, 1.54) is 6.07 Å². The number of rotatable bonds is 3. The number of nitrogens with two attached hydrogens (primary N) is 1. The van der Waals surface area contributed by atoms with Gasteiger partial charge in [-0.2, -0.15) is 0 Å². The first-order chi connectivity index (χ1) is 9.36. The standard InChI is InChI=1S/C14H12Cl2N2O2/c1-7-2-10(6-12(13(7)17)14(19)20)18-11-4-8(15)3-9(16)5-11/h2-6,18H,17H2,1H3,(H,19,20). The van der Waals surface area contributed by atoms with Crippen LogP contribution in [0.3, 0.4) is 0 Å². The first kappa shape index (κ1) is 14.5. The molecular weight excluding hydrogens is 299 g/mol. The average molecular weight is 311 g/mol. The van der Waals surface area contributed by atoms with Gasteiger partial charge in [0.25, 0.3) is 0 Å². The number of hydrogen-bond donors (Lipinski definition) is 3. The van der Waals surface area contributed by atoms with E-state index in [0.717, 1.165) is 0 Å². The number of aromatic carboxylic acids is 1. The molecule has 104 valence electrons. The second kappa shape index (κ2) is 5.61. The molecule has 0 saturated carbocycles. The van der Waals surface area contributed by atoms with Crippen LogP contribution in [-0.2, 0) is 0 Å². The summed E-state index contributed by atoms with van der Waals surface area (Å²) in [6, 6.07) is 8.24. The number of carboxylic acids is 1. The highest BCUT2D eigenvalue weighted by molar-refractivity contribution is 6.35. The number of nitrogens with one attached hydrogen (secondary N) is 1. The van der Waals surface area contributed by atoms with Crippen molar-refractivity contribution in [2.24, 2.45) is 0 Å². The van der Waals surface area contributed by atoms with Gasteiger partial charge >= 0.3 is 5.97 Å². The summed E-state index contributed by atoms with van der Waals surface area (Å²) in [6.45, 7) is 1.75. The zero-order chi connectivity index (χ0) is 14.9. The van der Waals surface area contributed by atoms with Crippen LogP contribution in [0, 0.1) is 6.92 Å². The number of anilines is 3. The van der Waals surface area contributed by atoms with Crippen molar-refractivity contribution in [3.05, 3.63) is 51.5 Å². The van der Waals surface area contributed by atoms with Crippen LogP contribution in [0.5, 0.6) is 0 Å². The quantitative estimate of drug-likeness (QED) is 0.738. The van der Waals surface area contributed by atoms with E-state index in [0.29, 0.717) is 27.0 Å². The van der Waals surface area contributed by atoms with Crippen LogP contribution in [0.25, 0.3) is 0 Å². The lowest BCUT2D eigenvalue weighted by atomic mass is 10.1. The number of nitrogen functional groups attached to an aromatic ring is 1. The Hall–Kier alpha value is -1.91. The lowest BCUT2D eigenvalue weighted by Gasteiger charge is -2.12. The summed E-state index contributed by atoms with van der Waals surface area (Å²) >= 11 is 11.8. The zero-order valence-corrected chi connectivity index (χ0v) is 12.1. The van der Waals surface area contributed by atoms with Crippen LogP contribution in [-0.4, -0.2) is 11.1 Å². The van der Waals surface area contributed by atoms with Gasteiger partial charge in [-0.15, -0.1) is 0 Å². The van der Waals surface area contributed by atoms with Gasteiger partial charge in [-0.05, 0) is 42.8 Å². The maximum Gasteiger partial charge on any atom is 0.337 e.